The van der Waals surface area contributed by atoms with Gasteiger partial charge in [-0.05, 0) is 37.8 Å². The van der Waals surface area contributed by atoms with Gasteiger partial charge in [0.2, 0.25) is 5.95 Å². The minimum absolute atomic E-state index is 0.128. The predicted octanol–water partition coefficient (Wildman–Crippen LogP) is 3.08. The molecular formula is C19H23N5O. The van der Waals surface area contributed by atoms with Crippen LogP contribution in [0.1, 0.15) is 38.2 Å². The van der Waals surface area contributed by atoms with Crippen molar-refractivity contribution < 1.29 is 0 Å². The SMILES string of the molecule is Cc1c(N)c2cnc(N[C@@H]3CCCC[C@@H]3C)nc2n(C2=CC=C2)c1=O. The Kier molecular flexibility index (Phi) is 3.82. The van der Waals surface area contributed by atoms with Crippen LogP contribution in [0.4, 0.5) is 11.6 Å². The van der Waals surface area contributed by atoms with E-state index >= 15 is 0 Å². The molecule has 2 aliphatic rings. The number of nitrogens with two attached hydrogens (primary N) is 1. The van der Waals surface area contributed by atoms with E-state index in [1.54, 1.807) is 17.7 Å². The summed E-state index contributed by atoms with van der Waals surface area (Å²) in [6, 6.07) is 0.372. The Bertz CT molecular complexity index is 956. The van der Waals surface area contributed by atoms with Gasteiger partial charge in [-0.3, -0.25) is 9.36 Å². The third kappa shape index (κ3) is 2.62. The minimum atomic E-state index is -0.128. The van der Waals surface area contributed by atoms with E-state index in [4.69, 9.17) is 5.73 Å². The maximum Gasteiger partial charge on any atom is 0.261 e. The molecule has 0 aromatic carbocycles. The maximum absolute atomic E-state index is 12.7. The maximum atomic E-state index is 12.7. The molecule has 2 heterocycles. The smallest absolute Gasteiger partial charge is 0.261 e. The Balaban J connectivity index is 1.81. The van der Waals surface area contributed by atoms with Crippen LogP contribution in [0, 0.1) is 12.8 Å². The van der Waals surface area contributed by atoms with Crippen LogP contribution in [-0.2, 0) is 0 Å². The summed E-state index contributed by atoms with van der Waals surface area (Å²) < 4.78 is 1.62. The number of nitrogens with one attached hydrogen (secondary N) is 1. The van der Waals surface area contributed by atoms with Crippen molar-refractivity contribution >= 4 is 28.4 Å². The average Bonchev–Trinajstić information content (AvgIpc) is 2.57. The van der Waals surface area contributed by atoms with Crippen molar-refractivity contribution in [2.24, 2.45) is 5.92 Å². The van der Waals surface area contributed by atoms with E-state index in [1.165, 1.54) is 19.3 Å². The molecule has 0 unspecified atom stereocenters. The Morgan fingerprint density at radius 2 is 2.08 bits per heavy atom. The van der Waals surface area contributed by atoms with Gasteiger partial charge in [-0.2, -0.15) is 4.98 Å². The van der Waals surface area contributed by atoms with E-state index in [0.29, 0.717) is 40.2 Å². The molecule has 4 rings (SSSR count). The van der Waals surface area contributed by atoms with Crippen LogP contribution in [0.5, 0.6) is 0 Å². The minimum Gasteiger partial charge on any atom is -0.398 e. The molecular weight excluding hydrogens is 314 g/mol. The number of allylic oxidation sites excluding steroid dienone is 4. The third-order valence-corrected chi connectivity index (χ3v) is 5.42. The first-order valence-electron chi connectivity index (χ1n) is 8.89. The molecule has 25 heavy (non-hydrogen) atoms. The van der Waals surface area contributed by atoms with E-state index in [2.05, 4.69) is 22.2 Å². The van der Waals surface area contributed by atoms with E-state index < -0.39 is 0 Å². The fraction of sp³-hybridized carbons (Fsp3) is 0.421. The van der Waals surface area contributed by atoms with Crippen LogP contribution in [0.3, 0.4) is 0 Å². The van der Waals surface area contributed by atoms with Gasteiger partial charge in [0.05, 0.1) is 16.8 Å². The number of hydrogen-bond acceptors (Lipinski definition) is 5. The number of fused-ring (bicyclic) bond motifs is 1. The third-order valence-electron chi connectivity index (χ3n) is 5.42. The van der Waals surface area contributed by atoms with Crippen molar-refractivity contribution in [3.8, 4) is 0 Å². The Morgan fingerprint density at radius 3 is 2.76 bits per heavy atom. The molecule has 3 N–H and O–H groups in total. The van der Waals surface area contributed by atoms with E-state index in [9.17, 15) is 4.79 Å². The summed E-state index contributed by atoms with van der Waals surface area (Å²) in [5.41, 5.74) is 8.39. The van der Waals surface area contributed by atoms with Crippen molar-refractivity contribution in [1.29, 1.82) is 0 Å². The van der Waals surface area contributed by atoms with E-state index in [0.717, 1.165) is 12.1 Å². The van der Waals surface area contributed by atoms with Crippen molar-refractivity contribution in [3.05, 3.63) is 40.3 Å². The zero-order valence-corrected chi connectivity index (χ0v) is 14.6. The van der Waals surface area contributed by atoms with Gasteiger partial charge in [0.1, 0.15) is 0 Å². The number of nitrogens with zero attached hydrogens (tertiary/aromatic N) is 3. The molecule has 1 saturated carbocycles. The molecule has 0 radical (unpaired) electrons. The van der Waals surface area contributed by atoms with Crippen molar-refractivity contribution in [2.45, 2.75) is 45.6 Å². The second kappa shape index (κ2) is 6.02. The van der Waals surface area contributed by atoms with Gasteiger partial charge in [-0.15, -0.1) is 0 Å². The molecule has 2 aliphatic carbocycles. The molecule has 2 aromatic heterocycles. The Hall–Kier alpha value is -2.63. The fourth-order valence-electron chi connectivity index (χ4n) is 3.65. The molecule has 0 aliphatic heterocycles. The summed E-state index contributed by atoms with van der Waals surface area (Å²) in [7, 11) is 0. The first-order chi connectivity index (χ1) is 12.1. The van der Waals surface area contributed by atoms with Crippen molar-refractivity contribution in [1.82, 2.24) is 14.5 Å². The van der Waals surface area contributed by atoms with Gasteiger partial charge < -0.3 is 11.1 Å². The monoisotopic (exact) mass is 337 g/mol. The second-order valence-corrected chi connectivity index (χ2v) is 7.07. The molecule has 6 nitrogen and oxygen atoms in total. The normalized spacial score (nSPS) is 22.6. The number of pyridine rings is 1. The van der Waals surface area contributed by atoms with Gasteiger partial charge in [-0.1, -0.05) is 25.8 Å². The Morgan fingerprint density at radius 1 is 1.32 bits per heavy atom. The van der Waals surface area contributed by atoms with Crippen LogP contribution < -0.4 is 16.6 Å². The number of anilines is 2. The topological polar surface area (TPSA) is 85.8 Å². The molecule has 0 amide bonds. The summed E-state index contributed by atoms with van der Waals surface area (Å²) >= 11 is 0. The highest BCUT2D eigenvalue weighted by atomic mass is 16.1. The van der Waals surface area contributed by atoms with Crippen LogP contribution in [-0.4, -0.2) is 20.6 Å². The molecule has 130 valence electrons. The summed E-state index contributed by atoms with van der Waals surface area (Å²) in [6.45, 7) is 4.01. The van der Waals surface area contributed by atoms with E-state index in [1.807, 2.05) is 18.2 Å². The molecule has 2 aromatic rings. The Labute approximate surface area is 146 Å². The zero-order chi connectivity index (χ0) is 17.6. The lowest BCUT2D eigenvalue weighted by molar-refractivity contribution is 0.348. The van der Waals surface area contributed by atoms with Crippen molar-refractivity contribution in [3.63, 3.8) is 0 Å². The number of hydrogen-bond donors (Lipinski definition) is 2. The first-order valence-corrected chi connectivity index (χ1v) is 8.89. The lowest BCUT2D eigenvalue weighted by Gasteiger charge is -2.29. The van der Waals surface area contributed by atoms with Crippen molar-refractivity contribution in [2.75, 3.05) is 11.1 Å². The van der Waals surface area contributed by atoms with Gasteiger partial charge in [0, 0.05) is 17.8 Å². The predicted molar refractivity (Wildman–Crippen MR) is 101 cm³/mol. The summed E-state index contributed by atoms with van der Waals surface area (Å²) in [5.74, 6) is 1.15. The van der Waals surface area contributed by atoms with Crippen LogP contribution in [0.2, 0.25) is 0 Å². The summed E-state index contributed by atoms with van der Waals surface area (Å²) in [6.07, 6.45) is 12.3. The zero-order valence-electron chi connectivity index (χ0n) is 14.6. The summed E-state index contributed by atoms with van der Waals surface area (Å²) in [5, 5.41) is 4.17. The second-order valence-electron chi connectivity index (χ2n) is 7.07. The standard InChI is InChI=1S/C19H23N5O/c1-11-6-3-4-9-15(11)22-19-21-10-14-16(20)12(2)18(25)24(17(14)23-19)13-7-5-8-13/h5,7-8,10-11,15H,3-4,6,9,20H2,1-2H3,(H,21,22,23)/t11-,15+/m0/s1. The van der Waals surface area contributed by atoms with Crippen LogP contribution >= 0.6 is 0 Å². The van der Waals surface area contributed by atoms with Crippen LogP contribution in [0.25, 0.3) is 16.7 Å². The lowest BCUT2D eigenvalue weighted by Crippen LogP contribution is -2.31. The number of rotatable bonds is 3. The molecule has 6 heteroatoms. The van der Waals surface area contributed by atoms with Gasteiger partial charge in [0.25, 0.3) is 5.56 Å². The van der Waals surface area contributed by atoms with Gasteiger partial charge in [0.15, 0.2) is 5.65 Å². The molecule has 1 fully saturated rings. The molecule has 0 bridgehead atoms. The number of aromatic nitrogens is 3. The first kappa shape index (κ1) is 15.9. The highest BCUT2D eigenvalue weighted by molar-refractivity contribution is 5.92. The highest BCUT2D eigenvalue weighted by Gasteiger charge is 2.23. The van der Waals surface area contributed by atoms with E-state index in [-0.39, 0.29) is 5.56 Å². The summed E-state index contributed by atoms with van der Waals surface area (Å²) in [4.78, 5) is 21.8. The largest absolute Gasteiger partial charge is 0.398 e. The molecule has 0 spiro atoms. The molecule has 2 atom stereocenters. The average molecular weight is 337 g/mol. The lowest BCUT2D eigenvalue weighted by atomic mass is 9.86. The van der Waals surface area contributed by atoms with Gasteiger partial charge in [-0.25, -0.2) is 4.98 Å². The highest BCUT2D eigenvalue weighted by Crippen LogP contribution is 2.28. The quantitative estimate of drug-likeness (QED) is 0.899. The number of nitrogen functional groups attached to an aromatic ring is 1. The molecule has 0 saturated heterocycles. The van der Waals surface area contributed by atoms with Crippen LogP contribution in [0.15, 0.2) is 29.2 Å². The fourth-order valence-corrected chi connectivity index (χ4v) is 3.65. The van der Waals surface area contributed by atoms with Gasteiger partial charge >= 0.3 is 0 Å².